The molecule has 0 amide bonds. The quantitative estimate of drug-likeness (QED) is 0.502. The normalized spacial score (nSPS) is 9.44. The molecular formula is C9H12. The molecule has 0 nitrogen and oxygen atoms in total. The minimum absolute atomic E-state index is 0.883. The molecule has 0 N–H and O–H groups in total. The largest absolute Gasteiger partial charge is 0.0985 e. The highest BCUT2D eigenvalue weighted by Gasteiger charge is 1.86. The Bertz CT molecular complexity index is 159. The van der Waals surface area contributed by atoms with Gasteiger partial charge in [0, 0.05) is 0 Å². The predicted octanol–water partition coefficient (Wildman–Crippen LogP) is 2.86. The van der Waals surface area contributed by atoms with Crippen molar-refractivity contribution in [1.29, 1.82) is 0 Å². The molecule has 0 aliphatic heterocycles. The molecule has 0 aromatic rings. The molecule has 0 atom stereocenters. The summed E-state index contributed by atoms with van der Waals surface area (Å²) in [5, 5.41) is 0. The Kier molecular flexibility index (Phi) is 3.45. The third-order valence-electron chi connectivity index (χ3n) is 1.03. The zero-order valence-corrected chi connectivity index (χ0v) is 5.85. The molecule has 0 rings (SSSR count). The molecule has 0 bridgehead atoms. The minimum Gasteiger partial charge on any atom is -0.0985 e. The number of hydrogen-bond acceptors (Lipinski definition) is 0. The van der Waals surface area contributed by atoms with Gasteiger partial charge < -0.3 is 0 Å². The number of hydrogen-bond donors (Lipinski definition) is 0. The third kappa shape index (κ3) is 2.70. The summed E-state index contributed by atoms with van der Waals surface area (Å²) in [5.74, 6) is 0. The first-order valence-corrected chi connectivity index (χ1v) is 2.85. The van der Waals surface area contributed by atoms with E-state index in [1.165, 1.54) is 0 Å². The van der Waals surface area contributed by atoms with Gasteiger partial charge in [-0.05, 0) is 18.1 Å². The van der Waals surface area contributed by atoms with Crippen molar-refractivity contribution in [2.45, 2.75) is 6.92 Å². The smallest absolute Gasteiger partial charge is 0.0266 e. The van der Waals surface area contributed by atoms with E-state index < -0.39 is 0 Å². The van der Waals surface area contributed by atoms with Crippen molar-refractivity contribution in [3.8, 4) is 0 Å². The molecule has 0 fully saturated rings. The van der Waals surface area contributed by atoms with Crippen LogP contribution in [-0.2, 0) is 0 Å². The highest BCUT2D eigenvalue weighted by Crippen LogP contribution is 2.06. The summed E-state index contributed by atoms with van der Waals surface area (Å²) in [4.78, 5) is 0. The van der Waals surface area contributed by atoms with Crippen molar-refractivity contribution in [2.75, 3.05) is 0 Å². The summed E-state index contributed by atoms with van der Waals surface area (Å²) < 4.78 is 0. The minimum atomic E-state index is 0.883. The van der Waals surface area contributed by atoms with Crippen molar-refractivity contribution in [3.05, 3.63) is 49.1 Å². The molecule has 0 radical (unpaired) electrons. The monoisotopic (exact) mass is 120 g/mol. The van der Waals surface area contributed by atoms with E-state index in [1.807, 2.05) is 19.1 Å². The Morgan fingerprint density at radius 1 is 1.22 bits per heavy atom. The van der Waals surface area contributed by atoms with Crippen LogP contribution >= 0.6 is 0 Å². The van der Waals surface area contributed by atoms with Crippen LogP contribution in [0.25, 0.3) is 0 Å². The van der Waals surface area contributed by atoms with Crippen LogP contribution in [0.1, 0.15) is 6.92 Å². The van der Waals surface area contributed by atoms with Gasteiger partial charge in [-0.2, -0.15) is 0 Å². The molecule has 48 valence electrons. The molecule has 0 heterocycles. The fraction of sp³-hybridized carbons (Fsp3) is 0.111. The van der Waals surface area contributed by atoms with Gasteiger partial charge in [0.1, 0.15) is 0 Å². The summed E-state index contributed by atoms with van der Waals surface area (Å²) in [6.45, 7) is 13.0. The first kappa shape index (κ1) is 7.96. The number of allylic oxidation sites excluding steroid dienone is 5. The van der Waals surface area contributed by atoms with E-state index in [-0.39, 0.29) is 0 Å². The van der Waals surface area contributed by atoms with Crippen molar-refractivity contribution in [1.82, 2.24) is 0 Å². The lowest BCUT2D eigenvalue weighted by Gasteiger charge is -1.94. The lowest BCUT2D eigenvalue weighted by molar-refractivity contribution is 1.58. The van der Waals surface area contributed by atoms with Gasteiger partial charge >= 0.3 is 0 Å². The Labute approximate surface area is 56.9 Å². The van der Waals surface area contributed by atoms with Crippen LogP contribution in [0.4, 0.5) is 0 Å². The van der Waals surface area contributed by atoms with Gasteiger partial charge in [-0.3, -0.25) is 0 Å². The summed E-state index contributed by atoms with van der Waals surface area (Å²) in [6.07, 6.45) is 5.53. The zero-order valence-electron chi connectivity index (χ0n) is 5.85. The van der Waals surface area contributed by atoms with E-state index >= 15 is 0 Å². The van der Waals surface area contributed by atoms with Crippen LogP contribution in [0.5, 0.6) is 0 Å². The fourth-order valence-corrected chi connectivity index (χ4v) is 0.439. The van der Waals surface area contributed by atoms with Crippen LogP contribution in [0.3, 0.4) is 0 Å². The Hall–Kier alpha value is -1.04. The van der Waals surface area contributed by atoms with E-state index in [2.05, 4.69) is 19.7 Å². The predicted molar refractivity (Wildman–Crippen MR) is 43.3 cm³/mol. The average Bonchev–Trinajstić information content (AvgIpc) is 1.87. The van der Waals surface area contributed by atoms with Crippen molar-refractivity contribution >= 4 is 0 Å². The lowest BCUT2D eigenvalue weighted by atomic mass is 10.1. The van der Waals surface area contributed by atoms with E-state index in [0.717, 1.165) is 11.1 Å². The van der Waals surface area contributed by atoms with E-state index in [0.29, 0.717) is 0 Å². The maximum Gasteiger partial charge on any atom is -0.0266 e. The molecule has 0 saturated heterocycles. The van der Waals surface area contributed by atoms with Gasteiger partial charge in [0.15, 0.2) is 0 Å². The maximum absolute atomic E-state index is 3.76. The van der Waals surface area contributed by atoms with Crippen LogP contribution in [0.15, 0.2) is 49.1 Å². The summed E-state index contributed by atoms with van der Waals surface area (Å²) in [7, 11) is 0. The highest BCUT2D eigenvalue weighted by atomic mass is 13.9. The first-order chi connectivity index (χ1) is 4.22. The molecule has 9 heavy (non-hydrogen) atoms. The average molecular weight is 120 g/mol. The van der Waals surface area contributed by atoms with Crippen molar-refractivity contribution in [3.63, 3.8) is 0 Å². The lowest BCUT2D eigenvalue weighted by Crippen LogP contribution is -1.74. The van der Waals surface area contributed by atoms with Crippen LogP contribution < -0.4 is 0 Å². The van der Waals surface area contributed by atoms with Crippen molar-refractivity contribution in [2.24, 2.45) is 0 Å². The van der Waals surface area contributed by atoms with Crippen LogP contribution in [0.2, 0.25) is 0 Å². The van der Waals surface area contributed by atoms with Gasteiger partial charge in [0.05, 0.1) is 0 Å². The zero-order chi connectivity index (χ0) is 7.28. The van der Waals surface area contributed by atoms with E-state index in [9.17, 15) is 0 Å². The molecule has 0 spiro atoms. The summed E-state index contributed by atoms with van der Waals surface area (Å²) in [5.41, 5.74) is 1.81. The fourth-order valence-electron chi connectivity index (χ4n) is 0.439. The second kappa shape index (κ2) is 3.90. The summed E-state index contributed by atoms with van der Waals surface area (Å²) >= 11 is 0. The van der Waals surface area contributed by atoms with Gasteiger partial charge in [-0.25, -0.2) is 0 Å². The second-order valence-electron chi connectivity index (χ2n) is 1.75. The molecule has 0 heteroatoms. The molecular weight excluding hydrogens is 108 g/mol. The third-order valence-corrected chi connectivity index (χ3v) is 1.03. The SMILES string of the molecule is C=CC(=C)C(=C)/C=C\C. The molecule has 0 aliphatic carbocycles. The van der Waals surface area contributed by atoms with Crippen LogP contribution in [-0.4, -0.2) is 0 Å². The second-order valence-corrected chi connectivity index (χ2v) is 1.75. The molecule has 0 aliphatic rings. The molecule has 0 aromatic carbocycles. The van der Waals surface area contributed by atoms with Gasteiger partial charge in [0.25, 0.3) is 0 Å². The molecule has 0 saturated carbocycles. The maximum atomic E-state index is 3.76. The van der Waals surface area contributed by atoms with Gasteiger partial charge in [-0.1, -0.05) is 38.0 Å². The van der Waals surface area contributed by atoms with E-state index in [4.69, 9.17) is 0 Å². The van der Waals surface area contributed by atoms with Crippen LogP contribution in [0, 0.1) is 0 Å². The number of rotatable bonds is 3. The Morgan fingerprint density at radius 2 is 1.78 bits per heavy atom. The summed E-state index contributed by atoms with van der Waals surface area (Å²) in [6, 6.07) is 0. The molecule has 0 unspecified atom stereocenters. The Morgan fingerprint density at radius 3 is 2.11 bits per heavy atom. The standard InChI is InChI=1S/C9H12/c1-5-7-9(4)8(3)6-2/h5-7H,2-4H2,1H3/b7-5-. The topological polar surface area (TPSA) is 0 Å². The molecule has 0 aromatic heterocycles. The van der Waals surface area contributed by atoms with E-state index in [1.54, 1.807) is 6.08 Å². The highest BCUT2D eigenvalue weighted by molar-refractivity contribution is 5.41. The van der Waals surface area contributed by atoms with Gasteiger partial charge in [0.2, 0.25) is 0 Å². The Balaban J connectivity index is 4.04. The first-order valence-electron chi connectivity index (χ1n) is 2.85. The van der Waals surface area contributed by atoms with Gasteiger partial charge in [-0.15, -0.1) is 0 Å². The van der Waals surface area contributed by atoms with Crippen molar-refractivity contribution < 1.29 is 0 Å².